The Kier molecular flexibility index (Phi) is 10.6. The molecule has 5 atom stereocenters. The Bertz CT molecular complexity index is 557. The van der Waals surface area contributed by atoms with Crippen molar-refractivity contribution in [1.29, 1.82) is 0 Å². The highest BCUT2D eigenvalue weighted by atomic mass is 15.2. The Balaban J connectivity index is 1.67. The van der Waals surface area contributed by atoms with Gasteiger partial charge in [0, 0.05) is 25.2 Å². The van der Waals surface area contributed by atoms with E-state index in [-0.39, 0.29) is 0 Å². The van der Waals surface area contributed by atoms with Gasteiger partial charge in [0.05, 0.1) is 6.17 Å². The first-order chi connectivity index (χ1) is 15.4. The fraction of sp³-hybridized carbons (Fsp3) is 0.931. The van der Waals surface area contributed by atoms with Gasteiger partial charge in [0.25, 0.3) is 0 Å². The molecule has 0 bridgehead atoms. The highest BCUT2D eigenvalue weighted by Gasteiger charge is 2.35. The average molecular weight is 446 g/mol. The van der Waals surface area contributed by atoms with Crippen LogP contribution in [0.1, 0.15) is 106 Å². The van der Waals surface area contributed by atoms with Crippen LogP contribution in [0, 0.1) is 35.5 Å². The summed E-state index contributed by atoms with van der Waals surface area (Å²) in [6, 6.07) is 1.21. The molecule has 0 aromatic rings. The van der Waals surface area contributed by atoms with Crippen molar-refractivity contribution in [2.45, 2.75) is 124 Å². The maximum Gasteiger partial charge on any atom is 0.0542 e. The maximum atomic E-state index is 4.15. The summed E-state index contributed by atoms with van der Waals surface area (Å²) in [5.74, 6) is 4.84. The van der Waals surface area contributed by atoms with Crippen molar-refractivity contribution in [1.82, 2.24) is 16.0 Å². The van der Waals surface area contributed by atoms with E-state index in [4.69, 9.17) is 0 Å². The predicted octanol–water partition coefficient (Wildman–Crippen LogP) is 6.50. The largest absolute Gasteiger partial charge is 0.311 e. The molecule has 1 aliphatic heterocycles. The summed E-state index contributed by atoms with van der Waals surface area (Å²) in [6.07, 6.45) is 17.3. The normalized spacial score (nSPS) is 33.0. The molecule has 3 rings (SSSR count). The van der Waals surface area contributed by atoms with Crippen molar-refractivity contribution in [2.75, 3.05) is 13.1 Å². The monoisotopic (exact) mass is 445 g/mol. The molecule has 0 amide bonds. The fourth-order valence-corrected chi connectivity index (χ4v) is 6.69. The van der Waals surface area contributed by atoms with Gasteiger partial charge < -0.3 is 16.0 Å². The van der Waals surface area contributed by atoms with E-state index < -0.39 is 0 Å². The number of allylic oxidation sites excluding steroid dienone is 2. The summed E-state index contributed by atoms with van der Waals surface area (Å²) in [6.45, 7) is 16.6. The van der Waals surface area contributed by atoms with Gasteiger partial charge in [0.1, 0.15) is 0 Å². The van der Waals surface area contributed by atoms with Crippen molar-refractivity contribution in [3.63, 3.8) is 0 Å². The Morgan fingerprint density at radius 3 is 2.28 bits per heavy atom. The molecule has 0 aromatic heterocycles. The van der Waals surface area contributed by atoms with Crippen LogP contribution in [0.15, 0.2) is 11.6 Å². The van der Waals surface area contributed by atoms with Crippen molar-refractivity contribution in [3.05, 3.63) is 11.6 Å². The molecule has 0 spiro atoms. The molecule has 1 heterocycles. The number of rotatable bonds is 10. The molecule has 3 unspecified atom stereocenters. The maximum absolute atomic E-state index is 4.15. The third-order valence-corrected chi connectivity index (χ3v) is 9.13. The zero-order valence-electron chi connectivity index (χ0n) is 22.3. The van der Waals surface area contributed by atoms with E-state index >= 15 is 0 Å². The van der Waals surface area contributed by atoms with Crippen LogP contribution >= 0.6 is 0 Å². The van der Waals surface area contributed by atoms with Crippen LogP contribution in [0.25, 0.3) is 0 Å². The van der Waals surface area contributed by atoms with Gasteiger partial charge in [-0.2, -0.15) is 0 Å². The average Bonchev–Trinajstić information content (AvgIpc) is 2.81. The Hall–Kier alpha value is -0.380. The van der Waals surface area contributed by atoms with E-state index in [1.54, 1.807) is 5.57 Å². The van der Waals surface area contributed by atoms with Gasteiger partial charge in [-0.25, -0.2) is 0 Å². The SMILES string of the molecule is CC[C@@H](N[C@H](C)C1CNC(C)NC1)C1CC(C(C)CCC(C)C)=CC(C2CCCCC2)C1. The summed E-state index contributed by atoms with van der Waals surface area (Å²) in [4.78, 5) is 0. The van der Waals surface area contributed by atoms with E-state index in [1.807, 2.05) is 0 Å². The van der Waals surface area contributed by atoms with Crippen molar-refractivity contribution >= 4 is 0 Å². The summed E-state index contributed by atoms with van der Waals surface area (Å²) < 4.78 is 0. The molecule has 0 aromatic carbocycles. The molecule has 0 radical (unpaired) electrons. The van der Waals surface area contributed by atoms with Crippen LogP contribution in [0.3, 0.4) is 0 Å². The minimum atomic E-state index is 0.454. The van der Waals surface area contributed by atoms with Gasteiger partial charge in [0.2, 0.25) is 0 Å². The van der Waals surface area contributed by atoms with E-state index in [0.29, 0.717) is 24.2 Å². The highest BCUT2D eigenvalue weighted by Crippen LogP contribution is 2.43. The van der Waals surface area contributed by atoms with E-state index in [9.17, 15) is 0 Å². The summed E-state index contributed by atoms with van der Waals surface area (Å²) in [7, 11) is 0. The van der Waals surface area contributed by atoms with Gasteiger partial charge >= 0.3 is 0 Å². The molecule has 3 nitrogen and oxygen atoms in total. The first kappa shape index (κ1) is 26.2. The lowest BCUT2D eigenvalue weighted by molar-refractivity contribution is 0.179. The third-order valence-electron chi connectivity index (χ3n) is 9.13. The van der Waals surface area contributed by atoms with Gasteiger partial charge in [-0.05, 0) is 87.9 Å². The molecule has 1 saturated heterocycles. The van der Waals surface area contributed by atoms with Gasteiger partial charge in [-0.1, -0.05) is 65.0 Å². The lowest BCUT2D eigenvalue weighted by Crippen LogP contribution is -2.57. The van der Waals surface area contributed by atoms with Gasteiger partial charge in [0.15, 0.2) is 0 Å². The topological polar surface area (TPSA) is 36.1 Å². The first-order valence-electron chi connectivity index (χ1n) is 14.3. The molecule has 32 heavy (non-hydrogen) atoms. The summed E-state index contributed by atoms with van der Waals surface area (Å²) in [5, 5.41) is 11.4. The molecule has 3 aliphatic rings. The third kappa shape index (κ3) is 7.57. The number of nitrogens with one attached hydrogen (secondary N) is 3. The molecule has 3 N–H and O–H groups in total. The number of hydrogen-bond donors (Lipinski definition) is 3. The minimum absolute atomic E-state index is 0.454. The summed E-state index contributed by atoms with van der Waals surface area (Å²) >= 11 is 0. The lowest BCUT2D eigenvalue weighted by atomic mass is 9.67. The van der Waals surface area contributed by atoms with E-state index in [0.717, 1.165) is 42.7 Å². The van der Waals surface area contributed by atoms with Crippen LogP contribution in [0.4, 0.5) is 0 Å². The lowest BCUT2D eigenvalue weighted by Gasteiger charge is -2.42. The van der Waals surface area contributed by atoms with E-state index in [2.05, 4.69) is 63.6 Å². The second kappa shape index (κ2) is 12.9. The van der Waals surface area contributed by atoms with Crippen molar-refractivity contribution < 1.29 is 0 Å². The predicted molar refractivity (Wildman–Crippen MR) is 140 cm³/mol. The Morgan fingerprint density at radius 2 is 1.66 bits per heavy atom. The van der Waals surface area contributed by atoms with Crippen molar-refractivity contribution in [2.24, 2.45) is 35.5 Å². The molecule has 186 valence electrons. The Labute approximate surface area is 200 Å². The van der Waals surface area contributed by atoms with Crippen LogP contribution in [-0.2, 0) is 0 Å². The van der Waals surface area contributed by atoms with Gasteiger partial charge in [-0.15, -0.1) is 0 Å². The standard InChI is InChI=1S/C29H55N3/c1-7-29(32-22(5)28-18-30-23(6)31-19-28)27-16-25(21(4)14-13-20(2)3)15-26(17-27)24-11-9-8-10-12-24/h15,20-24,26-32H,7-14,16-19H2,1-6H3/t21?,22-,23?,26?,27?,28?,29-/m1/s1. The zero-order chi connectivity index (χ0) is 23.1. The van der Waals surface area contributed by atoms with Crippen LogP contribution in [-0.4, -0.2) is 31.3 Å². The first-order valence-corrected chi connectivity index (χ1v) is 14.3. The smallest absolute Gasteiger partial charge is 0.0542 e. The zero-order valence-corrected chi connectivity index (χ0v) is 22.3. The van der Waals surface area contributed by atoms with Crippen LogP contribution in [0.2, 0.25) is 0 Å². The highest BCUT2D eigenvalue weighted by molar-refractivity contribution is 5.15. The Morgan fingerprint density at radius 1 is 0.969 bits per heavy atom. The molecular weight excluding hydrogens is 390 g/mol. The van der Waals surface area contributed by atoms with Crippen molar-refractivity contribution in [3.8, 4) is 0 Å². The number of hydrogen-bond acceptors (Lipinski definition) is 3. The molecule has 3 heteroatoms. The molecule has 2 fully saturated rings. The summed E-state index contributed by atoms with van der Waals surface area (Å²) in [5.41, 5.74) is 1.81. The minimum Gasteiger partial charge on any atom is -0.311 e. The van der Waals surface area contributed by atoms with E-state index in [1.165, 1.54) is 64.2 Å². The van der Waals surface area contributed by atoms with Crippen LogP contribution < -0.4 is 16.0 Å². The second-order valence-electron chi connectivity index (χ2n) is 12.1. The second-order valence-corrected chi connectivity index (χ2v) is 12.1. The molecular formula is C29H55N3. The van der Waals surface area contributed by atoms with Crippen LogP contribution in [0.5, 0.6) is 0 Å². The van der Waals surface area contributed by atoms with Gasteiger partial charge in [-0.3, -0.25) is 0 Å². The molecule has 2 aliphatic carbocycles. The fourth-order valence-electron chi connectivity index (χ4n) is 6.69. The molecule has 1 saturated carbocycles. The quantitative estimate of drug-likeness (QED) is 0.336.